The Morgan fingerprint density at radius 2 is 2.89 bits per heavy atom. The number of pyridine rings is 1. The van der Waals surface area contributed by atoms with Crippen molar-refractivity contribution in [2.75, 3.05) is 7.04 Å². The number of halogens is 1. The molecule has 1 aromatic rings. The van der Waals surface area contributed by atoms with Gasteiger partial charge in [0.05, 0.1) is 25.9 Å². The second kappa shape index (κ2) is 2.82. The molecule has 0 fully saturated rings. The number of rotatable bonds is 1. The van der Waals surface area contributed by atoms with Crippen LogP contribution in [-0.4, -0.2) is 12.0 Å². The number of hydrogen-bond acceptors (Lipinski definition) is 2. The van der Waals surface area contributed by atoms with Gasteiger partial charge in [-0.25, -0.2) is 0 Å². The first-order valence-corrected chi connectivity index (χ1v) is 2.84. The third-order valence-corrected chi connectivity index (χ3v) is 1.24. The molecule has 0 spiro atoms. The number of ether oxygens (including phenoxy) is 1. The first kappa shape index (κ1) is 2.23. The van der Waals surface area contributed by atoms with Gasteiger partial charge >= 0.3 is 0 Å². The highest BCUT2D eigenvalue weighted by Crippen LogP contribution is 2.21. The molecule has 0 atom stereocenters. The second-order valence-electron chi connectivity index (χ2n) is 1.21. The van der Waals surface area contributed by atoms with Crippen molar-refractivity contribution in [2.24, 2.45) is 0 Å². The average Bonchev–Trinajstić information content (AvgIpc) is 2.07. The molecule has 9 heavy (non-hydrogen) atoms. The molecular weight excluding hydrogens is 182 g/mol. The van der Waals surface area contributed by atoms with Crippen LogP contribution in [0, 0.1) is 0 Å². The quantitative estimate of drug-likeness (QED) is 0.680. The van der Waals surface area contributed by atoms with Crippen LogP contribution >= 0.6 is 15.9 Å². The van der Waals surface area contributed by atoms with Crippen molar-refractivity contribution in [1.82, 2.24) is 4.98 Å². The Labute approximate surface area is 70.4 Å². The summed E-state index contributed by atoms with van der Waals surface area (Å²) < 4.78 is 46.9. The Morgan fingerprint density at radius 3 is 3.67 bits per heavy atom. The number of hydrogen-bond donors (Lipinski definition) is 0. The minimum absolute atomic E-state index is 0.0522. The predicted octanol–water partition coefficient (Wildman–Crippen LogP) is 1.85. The topological polar surface area (TPSA) is 22.1 Å². The molecule has 0 bridgehead atoms. The molecule has 0 N–H and O–H groups in total. The third kappa shape index (κ3) is 1.42. The monoisotopic (exact) mass is 193 g/mol. The SMILES string of the molecule is [2H]c1nc([2H])c(OC([2H])([2H])[2H])c(Br)c1[2H]. The van der Waals surface area contributed by atoms with Crippen molar-refractivity contribution in [3.63, 3.8) is 0 Å². The van der Waals surface area contributed by atoms with Crippen LogP contribution < -0.4 is 4.74 Å². The summed E-state index contributed by atoms with van der Waals surface area (Å²) in [4.78, 5) is 3.36. The zero-order chi connectivity index (χ0) is 11.8. The fourth-order valence-electron chi connectivity index (χ4n) is 0.329. The van der Waals surface area contributed by atoms with Crippen LogP contribution in [0.1, 0.15) is 8.22 Å². The highest BCUT2D eigenvalue weighted by Gasteiger charge is 1.94. The van der Waals surface area contributed by atoms with Crippen LogP contribution in [0.25, 0.3) is 0 Å². The van der Waals surface area contributed by atoms with E-state index in [1.54, 1.807) is 0 Å². The minimum atomic E-state index is -2.71. The van der Waals surface area contributed by atoms with Crippen LogP contribution in [-0.2, 0) is 0 Å². The summed E-state index contributed by atoms with van der Waals surface area (Å²) in [7, 11) is -2.71. The molecule has 1 heterocycles. The van der Waals surface area contributed by atoms with Crippen molar-refractivity contribution in [3.8, 4) is 5.75 Å². The maximum absolute atomic E-state index is 7.35. The molecule has 0 saturated carbocycles. The van der Waals surface area contributed by atoms with E-state index in [1.807, 2.05) is 0 Å². The maximum Gasteiger partial charge on any atom is 0.151 e. The van der Waals surface area contributed by atoms with Gasteiger partial charge in [0.2, 0.25) is 0 Å². The molecule has 3 heteroatoms. The fraction of sp³-hybridized carbons (Fsp3) is 0.167. The summed E-state index contributed by atoms with van der Waals surface area (Å²) in [6, 6.07) is -0.315. The van der Waals surface area contributed by atoms with E-state index in [0.29, 0.717) is 0 Å². The van der Waals surface area contributed by atoms with Gasteiger partial charge in [-0.05, 0) is 22.0 Å². The minimum Gasteiger partial charge on any atom is -0.494 e. The summed E-state index contributed by atoms with van der Waals surface area (Å²) in [5, 5.41) is 0. The average molecular weight is 194 g/mol. The zero-order valence-corrected chi connectivity index (χ0v) is 5.82. The van der Waals surface area contributed by atoms with E-state index in [0.717, 1.165) is 0 Å². The van der Waals surface area contributed by atoms with E-state index < -0.39 is 19.4 Å². The molecule has 0 aliphatic heterocycles. The number of aromatic nitrogens is 1. The van der Waals surface area contributed by atoms with Crippen molar-refractivity contribution in [2.45, 2.75) is 0 Å². The Bertz CT molecular complexity index is 392. The molecule has 0 unspecified atom stereocenters. The smallest absolute Gasteiger partial charge is 0.151 e. The molecule has 1 rings (SSSR count). The standard InChI is InChI=1S/C6H6BrNO/c1-9-6-4-8-3-2-5(6)7/h2-4H,1H3/i1D3,2D,3D,4D. The molecule has 1 aromatic heterocycles. The largest absolute Gasteiger partial charge is 0.494 e. The van der Waals surface area contributed by atoms with Crippen molar-refractivity contribution >= 4 is 15.9 Å². The molecular formula is C6H6BrNO. The van der Waals surface area contributed by atoms with Gasteiger partial charge in [0, 0.05) is 6.17 Å². The molecule has 0 aromatic carbocycles. The molecule has 2 nitrogen and oxygen atoms in total. The van der Waals surface area contributed by atoms with Gasteiger partial charge in [0.25, 0.3) is 0 Å². The number of nitrogens with zero attached hydrogens (tertiary/aromatic N) is 1. The lowest BCUT2D eigenvalue weighted by Gasteiger charge is -1.98. The first-order valence-electron chi connectivity index (χ1n) is 5.04. The normalized spacial score (nSPS) is 20.1. The highest BCUT2D eigenvalue weighted by atomic mass is 79.9. The van der Waals surface area contributed by atoms with E-state index in [-0.39, 0.29) is 16.3 Å². The van der Waals surface area contributed by atoms with Crippen molar-refractivity contribution in [3.05, 3.63) is 22.9 Å². The summed E-state index contributed by atoms with van der Waals surface area (Å²) >= 11 is 2.89. The third-order valence-electron chi connectivity index (χ3n) is 0.680. The van der Waals surface area contributed by atoms with Crippen LogP contribution in [0.15, 0.2) is 22.9 Å². The molecule has 0 radical (unpaired) electrons. The van der Waals surface area contributed by atoms with Crippen LogP contribution in [0.5, 0.6) is 5.75 Å². The van der Waals surface area contributed by atoms with Gasteiger partial charge in [-0.15, -0.1) is 0 Å². The van der Waals surface area contributed by atoms with Crippen LogP contribution in [0.2, 0.25) is 0 Å². The van der Waals surface area contributed by atoms with Crippen LogP contribution in [0.4, 0.5) is 0 Å². The van der Waals surface area contributed by atoms with E-state index in [1.165, 1.54) is 0 Å². The lowest BCUT2D eigenvalue weighted by atomic mass is 10.5. The maximum atomic E-state index is 7.35. The van der Waals surface area contributed by atoms with Gasteiger partial charge in [-0.3, -0.25) is 4.98 Å². The zero-order valence-electron chi connectivity index (χ0n) is 10.2. The Balaban J connectivity index is 3.24. The summed E-state index contributed by atoms with van der Waals surface area (Å²) in [5.74, 6) is -0.351. The van der Waals surface area contributed by atoms with E-state index >= 15 is 0 Å². The molecule has 48 valence electrons. The van der Waals surface area contributed by atoms with Gasteiger partial charge in [-0.2, -0.15) is 0 Å². The van der Waals surface area contributed by atoms with Crippen LogP contribution in [0.3, 0.4) is 0 Å². The highest BCUT2D eigenvalue weighted by molar-refractivity contribution is 9.10. The van der Waals surface area contributed by atoms with Gasteiger partial charge < -0.3 is 4.74 Å². The molecule has 0 amide bonds. The van der Waals surface area contributed by atoms with Gasteiger partial charge in [0.15, 0.2) is 5.75 Å². The number of methoxy groups -OCH3 is 1. The molecule has 0 saturated heterocycles. The van der Waals surface area contributed by atoms with E-state index in [2.05, 4.69) is 25.7 Å². The van der Waals surface area contributed by atoms with E-state index in [9.17, 15) is 0 Å². The Hall–Kier alpha value is -0.570. The lowest BCUT2D eigenvalue weighted by molar-refractivity contribution is 0.410. The summed E-state index contributed by atoms with van der Waals surface area (Å²) in [5.41, 5.74) is 0. The van der Waals surface area contributed by atoms with Crippen molar-refractivity contribution in [1.29, 1.82) is 0 Å². The Morgan fingerprint density at radius 1 is 2.00 bits per heavy atom. The summed E-state index contributed by atoms with van der Waals surface area (Å²) in [6.07, 6.45) is -0.899. The predicted molar refractivity (Wildman–Crippen MR) is 38.5 cm³/mol. The lowest BCUT2D eigenvalue weighted by Crippen LogP contribution is -1.83. The van der Waals surface area contributed by atoms with Crippen molar-refractivity contribution < 1.29 is 13.0 Å². The molecule has 0 aliphatic carbocycles. The fourth-order valence-corrected chi connectivity index (χ4v) is 0.587. The van der Waals surface area contributed by atoms with Gasteiger partial charge in [-0.1, -0.05) is 0 Å². The molecule has 0 aliphatic rings. The Kier molecular flexibility index (Phi) is 0.701. The summed E-state index contributed by atoms with van der Waals surface area (Å²) in [6.45, 7) is 0. The first-order chi connectivity index (χ1) is 6.72. The van der Waals surface area contributed by atoms with Gasteiger partial charge in [0.1, 0.15) is 0 Å². The van der Waals surface area contributed by atoms with E-state index in [4.69, 9.17) is 8.22 Å². The second-order valence-corrected chi connectivity index (χ2v) is 2.00.